The van der Waals surface area contributed by atoms with Crippen molar-refractivity contribution in [2.24, 2.45) is 11.8 Å². The van der Waals surface area contributed by atoms with E-state index in [1.165, 1.54) is 199 Å². The van der Waals surface area contributed by atoms with Gasteiger partial charge in [-0.25, -0.2) is 0 Å². The number of rotatable bonds is 50. The topological polar surface area (TPSA) is 78.9 Å². The fourth-order valence-electron chi connectivity index (χ4n) is 8.52. The molecule has 0 aliphatic rings. The van der Waals surface area contributed by atoms with Gasteiger partial charge < -0.3 is 14.2 Å². The Hall–Kier alpha value is -1.59. The van der Waals surface area contributed by atoms with Gasteiger partial charge in [-0.1, -0.05) is 272 Å². The maximum atomic E-state index is 12.8. The Morgan fingerprint density at radius 1 is 0.306 bits per heavy atom. The summed E-state index contributed by atoms with van der Waals surface area (Å²) in [6, 6.07) is 0. The van der Waals surface area contributed by atoms with Crippen LogP contribution in [0.1, 0.15) is 311 Å². The van der Waals surface area contributed by atoms with E-state index in [0.29, 0.717) is 19.3 Å². The van der Waals surface area contributed by atoms with E-state index in [4.69, 9.17) is 14.2 Å². The highest BCUT2D eigenvalue weighted by atomic mass is 16.6. The predicted octanol–water partition coefficient (Wildman–Crippen LogP) is 18.1. The summed E-state index contributed by atoms with van der Waals surface area (Å²) >= 11 is 0. The lowest BCUT2D eigenvalue weighted by molar-refractivity contribution is -0.167. The van der Waals surface area contributed by atoms with Gasteiger partial charge in [0.15, 0.2) is 6.10 Å². The van der Waals surface area contributed by atoms with E-state index in [2.05, 4.69) is 34.6 Å². The van der Waals surface area contributed by atoms with Gasteiger partial charge >= 0.3 is 17.9 Å². The van der Waals surface area contributed by atoms with Crippen molar-refractivity contribution in [3.05, 3.63) is 0 Å². The fourth-order valence-corrected chi connectivity index (χ4v) is 8.52. The molecule has 0 aromatic carbocycles. The normalized spacial score (nSPS) is 12.0. The second kappa shape index (κ2) is 48.9. The highest BCUT2D eigenvalue weighted by molar-refractivity contribution is 5.71. The van der Waals surface area contributed by atoms with Crippen molar-refractivity contribution in [2.45, 2.75) is 317 Å². The summed E-state index contributed by atoms with van der Waals surface area (Å²) in [5, 5.41) is 0. The minimum atomic E-state index is -0.762. The van der Waals surface area contributed by atoms with Crippen LogP contribution in [0.25, 0.3) is 0 Å². The standard InChI is InChI=1S/C56H108O6/c1-6-7-8-9-10-11-12-13-14-15-18-21-26-31-36-41-46-54(57)60-49-53(50-61-55(58)47-42-37-32-28-23-25-30-35-40-45-52(4)5)62-56(59)48-43-38-33-27-22-19-16-17-20-24-29-34-39-44-51(2)3/h51-53H,6-50H2,1-5H3/t53-/m1/s1. The highest BCUT2D eigenvalue weighted by Gasteiger charge is 2.19. The third-order valence-corrected chi connectivity index (χ3v) is 12.7. The van der Waals surface area contributed by atoms with E-state index < -0.39 is 6.10 Å². The van der Waals surface area contributed by atoms with Gasteiger partial charge in [-0.3, -0.25) is 14.4 Å². The van der Waals surface area contributed by atoms with Crippen LogP contribution in [0.4, 0.5) is 0 Å². The van der Waals surface area contributed by atoms with Gasteiger partial charge in [0.1, 0.15) is 13.2 Å². The van der Waals surface area contributed by atoms with E-state index in [1.807, 2.05) is 0 Å². The van der Waals surface area contributed by atoms with Gasteiger partial charge in [0.05, 0.1) is 0 Å². The van der Waals surface area contributed by atoms with Gasteiger partial charge in [0, 0.05) is 19.3 Å². The first-order valence-electron chi connectivity index (χ1n) is 27.7. The van der Waals surface area contributed by atoms with Crippen LogP contribution in [0.5, 0.6) is 0 Å². The van der Waals surface area contributed by atoms with E-state index in [0.717, 1.165) is 69.6 Å². The van der Waals surface area contributed by atoms with Crippen molar-refractivity contribution >= 4 is 17.9 Å². The second-order valence-electron chi connectivity index (χ2n) is 20.2. The lowest BCUT2D eigenvalue weighted by atomic mass is 10.0. The largest absolute Gasteiger partial charge is 0.462 e. The molecule has 0 radical (unpaired) electrons. The lowest BCUT2D eigenvalue weighted by Crippen LogP contribution is -2.30. The van der Waals surface area contributed by atoms with E-state index in [-0.39, 0.29) is 31.1 Å². The van der Waals surface area contributed by atoms with Crippen LogP contribution < -0.4 is 0 Å². The molecule has 0 aliphatic carbocycles. The quantitative estimate of drug-likeness (QED) is 0.0344. The maximum Gasteiger partial charge on any atom is 0.306 e. The Kier molecular flexibility index (Phi) is 47.6. The molecule has 0 fully saturated rings. The van der Waals surface area contributed by atoms with Gasteiger partial charge in [0.2, 0.25) is 0 Å². The third-order valence-electron chi connectivity index (χ3n) is 12.7. The van der Waals surface area contributed by atoms with Crippen molar-refractivity contribution in [1.82, 2.24) is 0 Å². The van der Waals surface area contributed by atoms with Crippen molar-refractivity contribution in [1.29, 1.82) is 0 Å². The molecule has 0 aliphatic heterocycles. The Balaban J connectivity index is 4.30. The number of carbonyl (C=O) groups is 3. The monoisotopic (exact) mass is 877 g/mol. The molecule has 0 unspecified atom stereocenters. The van der Waals surface area contributed by atoms with Gasteiger partial charge in [0.25, 0.3) is 0 Å². The van der Waals surface area contributed by atoms with Crippen molar-refractivity contribution in [3.8, 4) is 0 Å². The molecule has 0 saturated heterocycles. The smallest absolute Gasteiger partial charge is 0.306 e. The van der Waals surface area contributed by atoms with Crippen LogP contribution in [0.15, 0.2) is 0 Å². The molecule has 0 aromatic rings. The molecule has 0 N–H and O–H groups in total. The first kappa shape index (κ1) is 60.4. The summed E-state index contributed by atoms with van der Waals surface area (Å²) in [6.07, 6.45) is 50.9. The number of ether oxygens (including phenoxy) is 3. The minimum Gasteiger partial charge on any atom is -0.462 e. The van der Waals surface area contributed by atoms with E-state index in [9.17, 15) is 14.4 Å². The zero-order valence-corrected chi connectivity index (χ0v) is 42.5. The molecule has 0 aromatic heterocycles. The first-order chi connectivity index (χ1) is 30.2. The van der Waals surface area contributed by atoms with Crippen molar-refractivity contribution in [3.63, 3.8) is 0 Å². The number of carbonyl (C=O) groups excluding carboxylic acids is 3. The Morgan fingerprint density at radius 2 is 0.532 bits per heavy atom. The summed E-state index contributed by atoms with van der Waals surface area (Å²) in [5.41, 5.74) is 0. The van der Waals surface area contributed by atoms with Gasteiger partial charge in [-0.05, 0) is 31.1 Å². The number of hydrogen-bond acceptors (Lipinski definition) is 6. The highest BCUT2D eigenvalue weighted by Crippen LogP contribution is 2.18. The SMILES string of the molecule is CCCCCCCCCCCCCCCCCCC(=O)OC[C@H](COC(=O)CCCCCCCCCCCC(C)C)OC(=O)CCCCCCCCCCCCCCCC(C)C. The molecular formula is C56H108O6. The third kappa shape index (κ3) is 49.4. The molecule has 0 saturated carbocycles. The maximum absolute atomic E-state index is 12.8. The Morgan fingerprint density at radius 3 is 0.790 bits per heavy atom. The van der Waals surface area contributed by atoms with Crippen LogP contribution >= 0.6 is 0 Å². The average molecular weight is 877 g/mol. The number of esters is 3. The summed E-state index contributed by atoms with van der Waals surface area (Å²) in [6.45, 7) is 11.4. The molecule has 62 heavy (non-hydrogen) atoms. The van der Waals surface area contributed by atoms with Crippen LogP contribution in [0, 0.1) is 11.8 Å². The molecule has 6 nitrogen and oxygen atoms in total. The molecule has 0 heterocycles. The average Bonchev–Trinajstić information content (AvgIpc) is 3.24. The molecule has 6 heteroatoms. The molecular weight excluding hydrogens is 769 g/mol. The second-order valence-corrected chi connectivity index (χ2v) is 20.2. The summed E-state index contributed by atoms with van der Waals surface area (Å²) in [7, 11) is 0. The predicted molar refractivity (Wildman–Crippen MR) is 266 cm³/mol. The Labute approximate surface area is 387 Å². The van der Waals surface area contributed by atoms with Crippen LogP contribution in [0.3, 0.4) is 0 Å². The first-order valence-corrected chi connectivity index (χ1v) is 27.7. The zero-order valence-electron chi connectivity index (χ0n) is 42.5. The van der Waals surface area contributed by atoms with E-state index in [1.54, 1.807) is 0 Å². The number of unbranched alkanes of at least 4 members (excludes halogenated alkanes) is 35. The molecule has 0 spiro atoms. The van der Waals surface area contributed by atoms with E-state index >= 15 is 0 Å². The minimum absolute atomic E-state index is 0.0632. The molecule has 368 valence electrons. The fraction of sp³-hybridized carbons (Fsp3) is 0.946. The summed E-state index contributed by atoms with van der Waals surface area (Å²) < 4.78 is 16.9. The lowest BCUT2D eigenvalue weighted by Gasteiger charge is -2.18. The molecule has 0 bridgehead atoms. The molecule has 0 rings (SSSR count). The van der Waals surface area contributed by atoms with Crippen LogP contribution in [-0.4, -0.2) is 37.2 Å². The Bertz CT molecular complexity index is 947. The van der Waals surface area contributed by atoms with Crippen LogP contribution in [0.2, 0.25) is 0 Å². The molecule has 0 amide bonds. The number of hydrogen-bond donors (Lipinski definition) is 0. The zero-order chi connectivity index (χ0) is 45.4. The van der Waals surface area contributed by atoms with Crippen molar-refractivity contribution in [2.75, 3.05) is 13.2 Å². The molecule has 1 atom stereocenters. The summed E-state index contributed by atoms with van der Waals surface area (Å²) in [4.78, 5) is 38.0. The van der Waals surface area contributed by atoms with Gasteiger partial charge in [-0.2, -0.15) is 0 Å². The summed E-state index contributed by atoms with van der Waals surface area (Å²) in [5.74, 6) is 0.803. The van der Waals surface area contributed by atoms with Crippen molar-refractivity contribution < 1.29 is 28.6 Å². The van der Waals surface area contributed by atoms with Crippen LogP contribution in [-0.2, 0) is 28.6 Å². The van der Waals surface area contributed by atoms with Gasteiger partial charge in [-0.15, -0.1) is 0 Å².